The second-order valence-corrected chi connectivity index (χ2v) is 5.49. The van der Waals surface area contributed by atoms with Gasteiger partial charge in [0.1, 0.15) is 18.1 Å². The summed E-state index contributed by atoms with van der Waals surface area (Å²) in [5, 5.41) is 5.42. The van der Waals surface area contributed by atoms with Crippen LogP contribution >= 0.6 is 0 Å². The fourth-order valence-electron chi connectivity index (χ4n) is 2.32. The van der Waals surface area contributed by atoms with Crippen molar-refractivity contribution in [2.75, 3.05) is 38.6 Å². The lowest BCUT2D eigenvalue weighted by atomic mass is 10.1. The molecule has 2 aromatic carbocycles. The van der Waals surface area contributed by atoms with E-state index in [0.717, 1.165) is 0 Å². The van der Waals surface area contributed by atoms with Gasteiger partial charge in [0.25, 0.3) is 0 Å². The SMILES string of the molecule is COCC(=O)Nc1cccc(NC(=O)/C=C/c2cc(OC)ccc2OC)c1. The summed E-state index contributed by atoms with van der Waals surface area (Å²) >= 11 is 0. The van der Waals surface area contributed by atoms with Crippen LogP contribution in [0.3, 0.4) is 0 Å². The van der Waals surface area contributed by atoms with Gasteiger partial charge in [0, 0.05) is 30.1 Å². The number of carbonyl (C=O) groups is 2. The number of amides is 2. The largest absolute Gasteiger partial charge is 0.497 e. The maximum Gasteiger partial charge on any atom is 0.250 e. The minimum atomic E-state index is -0.319. The normalized spacial score (nSPS) is 10.5. The van der Waals surface area contributed by atoms with Gasteiger partial charge in [-0.05, 0) is 42.5 Å². The molecule has 0 unspecified atom stereocenters. The molecule has 0 heterocycles. The molecule has 2 N–H and O–H groups in total. The molecule has 0 aromatic heterocycles. The van der Waals surface area contributed by atoms with E-state index in [0.29, 0.717) is 28.4 Å². The van der Waals surface area contributed by atoms with Gasteiger partial charge in [-0.15, -0.1) is 0 Å². The molecule has 0 aliphatic carbocycles. The summed E-state index contributed by atoms with van der Waals surface area (Å²) in [7, 11) is 4.57. The van der Waals surface area contributed by atoms with E-state index in [-0.39, 0.29) is 18.4 Å². The van der Waals surface area contributed by atoms with Gasteiger partial charge in [-0.1, -0.05) is 6.07 Å². The van der Waals surface area contributed by atoms with Crippen molar-refractivity contribution in [1.29, 1.82) is 0 Å². The molecule has 0 spiro atoms. The van der Waals surface area contributed by atoms with Gasteiger partial charge < -0.3 is 24.8 Å². The second-order valence-electron chi connectivity index (χ2n) is 5.49. The predicted octanol–water partition coefficient (Wildman–Crippen LogP) is 2.94. The molecule has 0 saturated heterocycles. The molecule has 0 bridgehead atoms. The summed E-state index contributed by atoms with van der Waals surface area (Å²) in [5.74, 6) is 0.698. The molecule has 0 aliphatic heterocycles. The highest BCUT2D eigenvalue weighted by Crippen LogP contribution is 2.25. The van der Waals surface area contributed by atoms with E-state index < -0.39 is 0 Å². The van der Waals surface area contributed by atoms with Crippen LogP contribution in [0.5, 0.6) is 11.5 Å². The number of hydrogen-bond donors (Lipinski definition) is 2. The number of hydrogen-bond acceptors (Lipinski definition) is 5. The third-order valence-electron chi connectivity index (χ3n) is 3.54. The molecule has 0 saturated carbocycles. The van der Waals surface area contributed by atoms with Crippen molar-refractivity contribution in [3.8, 4) is 11.5 Å². The Labute approximate surface area is 157 Å². The van der Waals surface area contributed by atoms with Crippen molar-refractivity contribution < 1.29 is 23.8 Å². The number of anilines is 2. The fourth-order valence-corrected chi connectivity index (χ4v) is 2.32. The number of carbonyl (C=O) groups excluding carboxylic acids is 2. The summed E-state index contributed by atoms with van der Waals surface area (Å²) < 4.78 is 15.2. The summed E-state index contributed by atoms with van der Waals surface area (Å²) in [4.78, 5) is 23.8. The Hall–Kier alpha value is -3.32. The van der Waals surface area contributed by atoms with Crippen LogP contribution in [-0.2, 0) is 14.3 Å². The predicted molar refractivity (Wildman–Crippen MR) is 104 cm³/mol. The zero-order valence-electron chi connectivity index (χ0n) is 15.4. The Morgan fingerprint density at radius 2 is 1.70 bits per heavy atom. The van der Waals surface area contributed by atoms with Gasteiger partial charge in [-0.25, -0.2) is 0 Å². The zero-order valence-corrected chi connectivity index (χ0v) is 15.4. The van der Waals surface area contributed by atoms with E-state index >= 15 is 0 Å². The summed E-state index contributed by atoms with van der Waals surface area (Å²) in [6.07, 6.45) is 3.04. The highest BCUT2D eigenvalue weighted by atomic mass is 16.5. The average molecular weight is 370 g/mol. The number of benzene rings is 2. The minimum absolute atomic E-state index is 0.0400. The van der Waals surface area contributed by atoms with Gasteiger partial charge in [0.2, 0.25) is 11.8 Å². The molecule has 2 amide bonds. The van der Waals surface area contributed by atoms with Crippen LogP contribution in [-0.4, -0.2) is 39.8 Å². The van der Waals surface area contributed by atoms with Gasteiger partial charge in [-0.3, -0.25) is 9.59 Å². The maximum atomic E-state index is 12.2. The van der Waals surface area contributed by atoms with E-state index in [1.165, 1.54) is 13.2 Å². The van der Waals surface area contributed by atoms with Crippen LogP contribution in [0.1, 0.15) is 5.56 Å². The first-order valence-electron chi connectivity index (χ1n) is 8.15. The Bertz CT molecular complexity index is 833. The van der Waals surface area contributed by atoms with Crippen molar-refractivity contribution in [3.63, 3.8) is 0 Å². The lowest BCUT2D eigenvalue weighted by Gasteiger charge is -2.08. The summed E-state index contributed by atoms with van der Waals surface area (Å²) in [5.41, 5.74) is 1.83. The molecule has 2 rings (SSSR count). The van der Waals surface area contributed by atoms with Crippen molar-refractivity contribution in [2.24, 2.45) is 0 Å². The van der Waals surface area contributed by atoms with Gasteiger partial charge in [0.15, 0.2) is 0 Å². The molecular formula is C20H22N2O5. The smallest absolute Gasteiger partial charge is 0.250 e. The van der Waals surface area contributed by atoms with Crippen molar-refractivity contribution in [3.05, 3.63) is 54.1 Å². The van der Waals surface area contributed by atoms with Crippen LogP contribution in [0, 0.1) is 0 Å². The van der Waals surface area contributed by atoms with Crippen molar-refractivity contribution in [2.45, 2.75) is 0 Å². The quantitative estimate of drug-likeness (QED) is 0.698. The highest BCUT2D eigenvalue weighted by molar-refractivity contribution is 6.02. The third kappa shape index (κ3) is 6.16. The lowest BCUT2D eigenvalue weighted by Crippen LogP contribution is -2.17. The molecule has 0 fully saturated rings. The number of ether oxygens (including phenoxy) is 3. The molecule has 27 heavy (non-hydrogen) atoms. The average Bonchev–Trinajstić information content (AvgIpc) is 2.66. The van der Waals surface area contributed by atoms with Gasteiger partial charge in [-0.2, -0.15) is 0 Å². The first-order valence-corrected chi connectivity index (χ1v) is 8.15. The molecule has 0 radical (unpaired) electrons. The Kier molecular flexibility index (Phi) is 7.39. The number of rotatable bonds is 8. The number of nitrogens with one attached hydrogen (secondary N) is 2. The maximum absolute atomic E-state index is 12.2. The Balaban J connectivity index is 2.05. The summed E-state index contributed by atoms with van der Waals surface area (Å²) in [6, 6.07) is 12.2. The van der Waals surface area contributed by atoms with Crippen LogP contribution < -0.4 is 20.1 Å². The van der Waals surface area contributed by atoms with E-state index in [1.807, 2.05) is 0 Å². The number of methoxy groups -OCH3 is 3. The first-order chi connectivity index (χ1) is 13.0. The summed E-state index contributed by atoms with van der Waals surface area (Å²) in [6.45, 7) is -0.0400. The van der Waals surface area contributed by atoms with Crippen molar-refractivity contribution >= 4 is 29.3 Å². The fraction of sp³-hybridized carbons (Fsp3) is 0.200. The van der Waals surface area contributed by atoms with E-state index in [9.17, 15) is 9.59 Å². The minimum Gasteiger partial charge on any atom is -0.497 e. The third-order valence-corrected chi connectivity index (χ3v) is 3.54. The van der Waals surface area contributed by atoms with Crippen LogP contribution in [0.4, 0.5) is 11.4 Å². The van der Waals surface area contributed by atoms with E-state index in [2.05, 4.69) is 10.6 Å². The monoisotopic (exact) mass is 370 g/mol. The molecule has 0 aliphatic rings. The second kappa shape index (κ2) is 9.98. The topological polar surface area (TPSA) is 85.9 Å². The van der Waals surface area contributed by atoms with Gasteiger partial charge in [0.05, 0.1) is 14.2 Å². The highest BCUT2D eigenvalue weighted by Gasteiger charge is 2.05. The molecule has 7 heteroatoms. The molecule has 7 nitrogen and oxygen atoms in total. The van der Waals surface area contributed by atoms with Crippen LogP contribution in [0.2, 0.25) is 0 Å². The van der Waals surface area contributed by atoms with E-state index in [1.54, 1.807) is 62.8 Å². The Morgan fingerprint density at radius 1 is 0.963 bits per heavy atom. The molecular weight excluding hydrogens is 348 g/mol. The standard InChI is InChI=1S/C20H22N2O5/c1-25-13-20(24)22-16-6-4-5-15(12-16)21-19(23)10-7-14-11-17(26-2)8-9-18(14)27-3/h4-12H,13H2,1-3H3,(H,21,23)(H,22,24)/b10-7+. The van der Waals surface area contributed by atoms with Crippen LogP contribution in [0.15, 0.2) is 48.5 Å². The van der Waals surface area contributed by atoms with E-state index in [4.69, 9.17) is 14.2 Å². The zero-order chi connectivity index (χ0) is 19.6. The van der Waals surface area contributed by atoms with Gasteiger partial charge >= 0.3 is 0 Å². The molecule has 142 valence electrons. The van der Waals surface area contributed by atoms with Crippen molar-refractivity contribution in [1.82, 2.24) is 0 Å². The van der Waals surface area contributed by atoms with Crippen LogP contribution in [0.25, 0.3) is 6.08 Å². The first kappa shape index (κ1) is 20.0. The Morgan fingerprint density at radius 3 is 2.37 bits per heavy atom. The molecule has 0 atom stereocenters. The lowest BCUT2D eigenvalue weighted by molar-refractivity contribution is -0.119. The molecule has 2 aromatic rings.